The maximum Gasteiger partial charge on any atom is 0.254 e. The van der Waals surface area contributed by atoms with Gasteiger partial charge in [0.05, 0.1) is 11.7 Å². The number of primary amides is 1. The van der Waals surface area contributed by atoms with E-state index in [1.807, 2.05) is 38.1 Å². The summed E-state index contributed by atoms with van der Waals surface area (Å²) in [6, 6.07) is 7.89. The molecule has 7 nitrogen and oxygen atoms in total. The predicted octanol–water partition coefficient (Wildman–Crippen LogP) is 2.68. The van der Waals surface area contributed by atoms with Crippen LogP contribution in [-0.2, 0) is 0 Å². The number of carbonyl (C=O) groups is 1. The Morgan fingerprint density at radius 3 is 2.58 bits per heavy atom. The molecule has 126 valence electrons. The number of aromatic nitrogens is 2. The van der Waals surface area contributed by atoms with Gasteiger partial charge in [0.15, 0.2) is 0 Å². The number of nitrogens with zero attached hydrogens (tertiary/aromatic N) is 2. The zero-order valence-corrected chi connectivity index (χ0v) is 13.7. The third-order valence-electron chi connectivity index (χ3n) is 3.45. The molecule has 1 amide bonds. The summed E-state index contributed by atoms with van der Waals surface area (Å²) in [4.78, 5) is 20.0. The Kier molecular flexibility index (Phi) is 4.50. The molecule has 0 radical (unpaired) electrons. The smallest absolute Gasteiger partial charge is 0.254 e. The highest BCUT2D eigenvalue weighted by Crippen LogP contribution is 2.26. The van der Waals surface area contributed by atoms with Gasteiger partial charge in [0.25, 0.3) is 5.91 Å². The molecule has 7 heteroatoms. The van der Waals surface area contributed by atoms with Gasteiger partial charge >= 0.3 is 0 Å². The highest BCUT2D eigenvalue weighted by molar-refractivity contribution is 5.97. The molecule has 0 unspecified atom stereocenters. The van der Waals surface area contributed by atoms with Crippen LogP contribution in [-0.4, -0.2) is 28.0 Å². The third kappa shape index (κ3) is 4.13. The van der Waals surface area contributed by atoms with Gasteiger partial charge in [-0.1, -0.05) is 0 Å². The van der Waals surface area contributed by atoms with Gasteiger partial charge in [-0.25, -0.2) is 4.98 Å². The average Bonchev–Trinajstić information content (AvgIpc) is 3.33. The SMILES string of the molecule is CC(C)Oc1ccc(Nc2ncc(C(N)=O)c(NC3CC3)n2)cc1. The van der Waals surface area contributed by atoms with Crippen LogP contribution in [0.25, 0.3) is 0 Å². The minimum absolute atomic E-state index is 0.129. The number of nitrogens with two attached hydrogens (primary N) is 1. The summed E-state index contributed by atoms with van der Waals surface area (Å²) in [5.74, 6) is 1.14. The van der Waals surface area contributed by atoms with E-state index < -0.39 is 5.91 Å². The fourth-order valence-corrected chi connectivity index (χ4v) is 2.17. The summed E-state index contributed by atoms with van der Waals surface area (Å²) in [6.07, 6.45) is 3.72. The Morgan fingerprint density at radius 1 is 1.29 bits per heavy atom. The van der Waals surface area contributed by atoms with Gasteiger partial charge in [-0.3, -0.25) is 4.79 Å². The van der Waals surface area contributed by atoms with E-state index in [1.54, 1.807) is 0 Å². The number of rotatable bonds is 7. The Balaban J connectivity index is 1.75. The van der Waals surface area contributed by atoms with Gasteiger partial charge in [-0.15, -0.1) is 0 Å². The van der Waals surface area contributed by atoms with E-state index in [9.17, 15) is 4.79 Å². The summed E-state index contributed by atoms with van der Waals surface area (Å²) >= 11 is 0. The van der Waals surface area contributed by atoms with Gasteiger partial charge in [0.2, 0.25) is 5.95 Å². The van der Waals surface area contributed by atoms with Crippen molar-refractivity contribution in [2.75, 3.05) is 10.6 Å². The molecule has 0 aliphatic heterocycles. The molecule has 1 fully saturated rings. The van der Waals surface area contributed by atoms with E-state index in [2.05, 4.69) is 20.6 Å². The summed E-state index contributed by atoms with van der Waals surface area (Å²) in [6.45, 7) is 3.96. The van der Waals surface area contributed by atoms with E-state index in [0.29, 0.717) is 23.4 Å². The lowest BCUT2D eigenvalue weighted by molar-refractivity contribution is 0.100. The van der Waals surface area contributed by atoms with E-state index in [1.165, 1.54) is 6.20 Å². The van der Waals surface area contributed by atoms with Crippen LogP contribution >= 0.6 is 0 Å². The van der Waals surface area contributed by atoms with Crippen molar-refractivity contribution in [3.63, 3.8) is 0 Å². The molecule has 1 aliphatic rings. The minimum Gasteiger partial charge on any atom is -0.491 e. The maximum atomic E-state index is 11.5. The van der Waals surface area contributed by atoms with Crippen molar-refractivity contribution in [3.8, 4) is 5.75 Å². The molecule has 1 saturated carbocycles. The van der Waals surface area contributed by atoms with E-state index >= 15 is 0 Å². The number of carbonyl (C=O) groups excluding carboxylic acids is 1. The van der Waals surface area contributed by atoms with Crippen LogP contribution in [0.15, 0.2) is 30.5 Å². The number of hydrogen-bond donors (Lipinski definition) is 3. The van der Waals surface area contributed by atoms with Crippen LogP contribution in [0.5, 0.6) is 5.75 Å². The molecule has 1 heterocycles. The first-order valence-electron chi connectivity index (χ1n) is 7.98. The molecule has 1 aromatic carbocycles. The predicted molar refractivity (Wildman–Crippen MR) is 92.7 cm³/mol. The molecule has 2 aromatic rings. The lowest BCUT2D eigenvalue weighted by Gasteiger charge is -2.12. The second kappa shape index (κ2) is 6.74. The molecule has 1 aliphatic carbocycles. The van der Waals surface area contributed by atoms with Crippen LogP contribution in [0.3, 0.4) is 0 Å². The average molecular weight is 327 g/mol. The first-order chi connectivity index (χ1) is 11.5. The number of hydrogen-bond acceptors (Lipinski definition) is 6. The Morgan fingerprint density at radius 2 is 2.00 bits per heavy atom. The van der Waals surface area contributed by atoms with Gasteiger partial charge in [-0.05, 0) is 51.0 Å². The highest BCUT2D eigenvalue weighted by atomic mass is 16.5. The summed E-state index contributed by atoms with van der Waals surface area (Å²) < 4.78 is 5.61. The third-order valence-corrected chi connectivity index (χ3v) is 3.45. The summed E-state index contributed by atoms with van der Waals surface area (Å²) in [5.41, 5.74) is 6.50. The first-order valence-corrected chi connectivity index (χ1v) is 7.98. The van der Waals surface area contributed by atoms with Crippen LogP contribution in [0.1, 0.15) is 37.0 Å². The molecular formula is C17H21N5O2. The number of nitrogens with one attached hydrogen (secondary N) is 2. The molecule has 0 bridgehead atoms. The molecule has 4 N–H and O–H groups in total. The zero-order valence-electron chi connectivity index (χ0n) is 13.7. The molecule has 0 atom stereocenters. The fraction of sp³-hybridized carbons (Fsp3) is 0.353. The molecule has 24 heavy (non-hydrogen) atoms. The second-order valence-corrected chi connectivity index (χ2v) is 6.05. The molecule has 1 aromatic heterocycles. The first kappa shape index (κ1) is 16.0. The lowest BCUT2D eigenvalue weighted by atomic mass is 10.3. The topological polar surface area (TPSA) is 102 Å². The van der Waals surface area contributed by atoms with Crippen molar-refractivity contribution in [2.45, 2.75) is 38.8 Å². The molecular weight excluding hydrogens is 306 g/mol. The quantitative estimate of drug-likeness (QED) is 0.722. The fourth-order valence-electron chi connectivity index (χ4n) is 2.17. The molecule has 0 spiro atoms. The molecule has 3 rings (SSSR count). The number of ether oxygens (including phenoxy) is 1. The van der Waals surface area contributed by atoms with Crippen molar-refractivity contribution in [1.29, 1.82) is 0 Å². The van der Waals surface area contributed by atoms with Crippen LogP contribution in [0.4, 0.5) is 17.5 Å². The minimum atomic E-state index is -0.542. The van der Waals surface area contributed by atoms with Gasteiger partial charge in [0, 0.05) is 17.9 Å². The van der Waals surface area contributed by atoms with Gasteiger partial charge in [-0.2, -0.15) is 4.98 Å². The normalized spacial score (nSPS) is 13.6. The number of amides is 1. The largest absolute Gasteiger partial charge is 0.491 e. The van der Waals surface area contributed by atoms with Crippen molar-refractivity contribution >= 4 is 23.4 Å². The maximum absolute atomic E-state index is 11.5. The Labute approximate surface area is 140 Å². The summed E-state index contributed by atoms with van der Waals surface area (Å²) in [5, 5.41) is 6.33. The van der Waals surface area contributed by atoms with E-state index in [-0.39, 0.29) is 6.10 Å². The van der Waals surface area contributed by atoms with Crippen molar-refractivity contribution in [1.82, 2.24) is 9.97 Å². The van der Waals surface area contributed by atoms with Crippen LogP contribution < -0.4 is 21.1 Å². The van der Waals surface area contributed by atoms with E-state index in [4.69, 9.17) is 10.5 Å². The van der Waals surface area contributed by atoms with Crippen molar-refractivity contribution < 1.29 is 9.53 Å². The lowest BCUT2D eigenvalue weighted by Crippen LogP contribution is -2.17. The monoisotopic (exact) mass is 327 g/mol. The Bertz CT molecular complexity index is 726. The number of anilines is 3. The van der Waals surface area contributed by atoms with E-state index in [0.717, 1.165) is 24.3 Å². The summed E-state index contributed by atoms with van der Waals surface area (Å²) in [7, 11) is 0. The standard InChI is InChI=1S/C17H21N5O2/c1-10(2)24-13-7-5-12(6-8-13)21-17-19-9-14(15(18)23)16(22-17)20-11-3-4-11/h5-11H,3-4H2,1-2H3,(H2,18,23)(H2,19,20,21,22). The van der Waals surface area contributed by atoms with Crippen LogP contribution in [0, 0.1) is 0 Å². The second-order valence-electron chi connectivity index (χ2n) is 6.05. The Hall–Kier alpha value is -2.83. The van der Waals surface area contributed by atoms with Crippen molar-refractivity contribution in [3.05, 3.63) is 36.0 Å². The zero-order chi connectivity index (χ0) is 17.1. The van der Waals surface area contributed by atoms with Gasteiger partial charge in [0.1, 0.15) is 11.6 Å². The number of benzene rings is 1. The molecule has 0 saturated heterocycles. The van der Waals surface area contributed by atoms with Crippen molar-refractivity contribution in [2.24, 2.45) is 5.73 Å². The van der Waals surface area contributed by atoms with Crippen LogP contribution in [0.2, 0.25) is 0 Å². The highest BCUT2D eigenvalue weighted by Gasteiger charge is 2.24. The van der Waals surface area contributed by atoms with Gasteiger partial charge < -0.3 is 21.1 Å².